The average Bonchev–Trinajstić information content (AvgIpc) is 2.54. The van der Waals surface area contributed by atoms with E-state index in [0.29, 0.717) is 22.9 Å². The molecule has 0 unspecified atom stereocenters. The van der Waals surface area contributed by atoms with Crippen molar-refractivity contribution >= 4 is 50.0 Å². The second-order valence-electron chi connectivity index (χ2n) is 5.11. The van der Waals surface area contributed by atoms with Crippen LogP contribution in [-0.2, 0) is 14.3 Å². The minimum absolute atomic E-state index is 0.0572. The Morgan fingerprint density at radius 2 is 1.88 bits per heavy atom. The van der Waals surface area contributed by atoms with Crippen molar-refractivity contribution in [2.75, 3.05) is 7.11 Å². The van der Waals surface area contributed by atoms with Gasteiger partial charge in [0.2, 0.25) is 5.91 Å². The molecule has 0 saturated carbocycles. The van der Waals surface area contributed by atoms with E-state index in [9.17, 15) is 14.7 Å². The van der Waals surface area contributed by atoms with Crippen LogP contribution in [0.4, 0.5) is 0 Å². The minimum atomic E-state index is -0.204. The summed E-state index contributed by atoms with van der Waals surface area (Å²) in [7, 11) is 1.37. The van der Waals surface area contributed by atoms with Crippen LogP contribution in [0.3, 0.4) is 0 Å². The van der Waals surface area contributed by atoms with Gasteiger partial charge in [-0.2, -0.15) is 5.10 Å². The summed E-state index contributed by atoms with van der Waals surface area (Å²) in [6, 6.07) is 3.41. The molecule has 6 nitrogen and oxygen atoms in total. The van der Waals surface area contributed by atoms with E-state index in [1.807, 2.05) is 0 Å². The number of hydrazone groups is 1. The molecule has 1 aromatic carbocycles. The number of carbonyl (C=O) groups is 2. The number of benzene rings is 1. The Balaban J connectivity index is 2.26. The summed E-state index contributed by atoms with van der Waals surface area (Å²) in [4.78, 5) is 22.6. The number of amides is 1. The van der Waals surface area contributed by atoms with Gasteiger partial charge in [0.15, 0.2) is 0 Å². The fourth-order valence-electron chi connectivity index (χ4n) is 1.92. The molecule has 0 fully saturated rings. The van der Waals surface area contributed by atoms with E-state index < -0.39 is 0 Å². The number of nitrogens with zero attached hydrogens (tertiary/aromatic N) is 1. The van der Waals surface area contributed by atoms with Crippen molar-refractivity contribution in [3.63, 3.8) is 0 Å². The molecule has 0 saturated heterocycles. The molecule has 132 valence electrons. The molecule has 24 heavy (non-hydrogen) atoms. The number of esters is 1. The first kappa shape index (κ1) is 20.6. The Morgan fingerprint density at radius 1 is 1.21 bits per heavy atom. The van der Waals surface area contributed by atoms with Gasteiger partial charge < -0.3 is 9.84 Å². The van der Waals surface area contributed by atoms with Crippen LogP contribution in [0.1, 0.15) is 44.1 Å². The van der Waals surface area contributed by atoms with Crippen molar-refractivity contribution in [1.29, 1.82) is 0 Å². The molecule has 1 rings (SSSR count). The molecule has 0 aliphatic carbocycles. The Morgan fingerprint density at radius 3 is 2.54 bits per heavy atom. The van der Waals surface area contributed by atoms with Gasteiger partial charge in [-0.3, -0.25) is 9.59 Å². The van der Waals surface area contributed by atoms with Gasteiger partial charge in [0.25, 0.3) is 0 Å². The van der Waals surface area contributed by atoms with Gasteiger partial charge in [-0.05, 0) is 40.9 Å². The largest absolute Gasteiger partial charge is 0.506 e. The number of phenols is 1. The summed E-state index contributed by atoms with van der Waals surface area (Å²) in [5, 5.41) is 13.7. The van der Waals surface area contributed by atoms with Crippen molar-refractivity contribution in [2.24, 2.45) is 5.10 Å². The summed E-state index contributed by atoms with van der Waals surface area (Å²) in [5.41, 5.74) is 2.92. The Kier molecular flexibility index (Phi) is 9.63. The minimum Gasteiger partial charge on any atom is -0.506 e. The lowest BCUT2D eigenvalue weighted by Crippen LogP contribution is -2.16. The molecule has 0 aromatic heterocycles. The number of unbranched alkanes of at least 4 members (excludes halogenated alkanes) is 3. The van der Waals surface area contributed by atoms with E-state index in [1.165, 1.54) is 13.3 Å². The highest BCUT2D eigenvalue weighted by molar-refractivity contribution is 9.11. The maximum atomic E-state index is 11.7. The Bertz CT molecular complexity index is 606. The number of nitrogens with one attached hydrogen (secondary N) is 1. The molecule has 0 bridgehead atoms. The van der Waals surface area contributed by atoms with Gasteiger partial charge in [-0.1, -0.05) is 28.8 Å². The zero-order chi connectivity index (χ0) is 17.9. The number of phenolic OH excluding ortho intramolecular Hbond substituents is 1. The molecule has 8 heteroatoms. The highest BCUT2D eigenvalue weighted by Gasteiger charge is 2.06. The van der Waals surface area contributed by atoms with Crippen molar-refractivity contribution in [3.8, 4) is 5.75 Å². The molecule has 0 aliphatic heterocycles. The quantitative estimate of drug-likeness (QED) is 0.252. The molecule has 0 aliphatic rings. The van der Waals surface area contributed by atoms with E-state index in [0.717, 1.165) is 30.2 Å². The third kappa shape index (κ3) is 7.92. The van der Waals surface area contributed by atoms with Gasteiger partial charge in [0.05, 0.1) is 17.8 Å². The van der Waals surface area contributed by atoms with Crippen molar-refractivity contribution in [2.45, 2.75) is 38.5 Å². The number of halogens is 2. The van der Waals surface area contributed by atoms with E-state index in [1.54, 1.807) is 12.1 Å². The SMILES string of the molecule is COC(=O)CCCCCCC(=O)N/N=C/c1cc(Br)cc(Br)c1O. The van der Waals surface area contributed by atoms with Crippen LogP contribution in [0.2, 0.25) is 0 Å². The molecule has 1 amide bonds. The van der Waals surface area contributed by atoms with Gasteiger partial charge in [0.1, 0.15) is 5.75 Å². The van der Waals surface area contributed by atoms with Crippen LogP contribution in [0, 0.1) is 0 Å². The highest BCUT2D eigenvalue weighted by atomic mass is 79.9. The first-order valence-corrected chi connectivity index (χ1v) is 9.09. The van der Waals surface area contributed by atoms with Crippen molar-refractivity contribution < 1.29 is 19.4 Å². The summed E-state index contributed by atoms with van der Waals surface area (Å²) in [5.74, 6) is -0.334. The maximum absolute atomic E-state index is 11.7. The van der Waals surface area contributed by atoms with E-state index in [4.69, 9.17) is 0 Å². The lowest BCUT2D eigenvalue weighted by molar-refractivity contribution is -0.140. The van der Waals surface area contributed by atoms with E-state index >= 15 is 0 Å². The first-order chi connectivity index (χ1) is 11.4. The molecular formula is C16H20Br2N2O4. The Hall–Kier alpha value is -1.41. The van der Waals surface area contributed by atoms with Gasteiger partial charge in [-0.25, -0.2) is 5.43 Å². The summed E-state index contributed by atoms with van der Waals surface area (Å²) in [6.45, 7) is 0. The van der Waals surface area contributed by atoms with Crippen LogP contribution >= 0.6 is 31.9 Å². The van der Waals surface area contributed by atoms with Crippen LogP contribution in [-0.4, -0.2) is 30.3 Å². The normalized spacial score (nSPS) is 10.8. The van der Waals surface area contributed by atoms with E-state index in [-0.39, 0.29) is 17.6 Å². The lowest BCUT2D eigenvalue weighted by Gasteiger charge is -2.03. The fourth-order valence-corrected chi connectivity index (χ4v) is 3.18. The number of hydrogen-bond acceptors (Lipinski definition) is 5. The number of aromatic hydroxyl groups is 1. The van der Waals surface area contributed by atoms with Crippen molar-refractivity contribution in [3.05, 3.63) is 26.6 Å². The standard InChI is InChI=1S/C16H20Br2N2O4/c1-24-15(22)7-5-3-2-4-6-14(21)20-19-10-11-8-12(17)9-13(18)16(11)23/h8-10,23H,2-7H2,1H3,(H,20,21)/b19-10+. The number of rotatable bonds is 9. The molecule has 0 atom stereocenters. The predicted octanol–water partition coefficient (Wildman–Crippen LogP) is 3.88. The molecule has 0 radical (unpaired) electrons. The second-order valence-corrected chi connectivity index (χ2v) is 6.88. The third-order valence-corrected chi connectivity index (χ3v) is 4.28. The summed E-state index contributed by atoms with van der Waals surface area (Å²) in [6.07, 6.45) is 5.42. The molecule has 0 spiro atoms. The molecule has 0 heterocycles. The summed E-state index contributed by atoms with van der Waals surface area (Å²) >= 11 is 6.55. The molecular weight excluding hydrogens is 444 g/mol. The van der Waals surface area contributed by atoms with Crippen LogP contribution < -0.4 is 5.43 Å². The average molecular weight is 464 g/mol. The Labute approximate surface area is 157 Å². The monoisotopic (exact) mass is 462 g/mol. The van der Waals surface area contributed by atoms with E-state index in [2.05, 4.69) is 47.1 Å². The van der Waals surface area contributed by atoms with Gasteiger partial charge >= 0.3 is 5.97 Å². The topological polar surface area (TPSA) is 88.0 Å². The third-order valence-electron chi connectivity index (χ3n) is 3.21. The van der Waals surface area contributed by atoms with Crippen LogP contribution in [0.15, 0.2) is 26.2 Å². The number of hydrogen-bond donors (Lipinski definition) is 2. The first-order valence-electron chi connectivity index (χ1n) is 7.50. The second kappa shape index (κ2) is 11.2. The maximum Gasteiger partial charge on any atom is 0.305 e. The highest BCUT2D eigenvalue weighted by Crippen LogP contribution is 2.30. The predicted molar refractivity (Wildman–Crippen MR) is 99.0 cm³/mol. The number of carbonyl (C=O) groups excluding carboxylic acids is 2. The summed E-state index contributed by atoms with van der Waals surface area (Å²) < 4.78 is 5.88. The smallest absolute Gasteiger partial charge is 0.305 e. The molecule has 1 aromatic rings. The fraction of sp³-hybridized carbons (Fsp3) is 0.438. The zero-order valence-corrected chi connectivity index (χ0v) is 16.5. The zero-order valence-electron chi connectivity index (χ0n) is 13.3. The van der Waals surface area contributed by atoms with Gasteiger partial charge in [-0.15, -0.1) is 0 Å². The van der Waals surface area contributed by atoms with Crippen LogP contribution in [0.5, 0.6) is 5.75 Å². The number of ether oxygens (including phenoxy) is 1. The van der Waals surface area contributed by atoms with Crippen molar-refractivity contribution in [1.82, 2.24) is 5.43 Å². The number of methoxy groups -OCH3 is 1. The van der Waals surface area contributed by atoms with Crippen LogP contribution in [0.25, 0.3) is 0 Å². The molecule has 2 N–H and O–H groups in total. The lowest BCUT2D eigenvalue weighted by atomic mass is 10.1. The van der Waals surface area contributed by atoms with Gasteiger partial charge in [0, 0.05) is 22.9 Å².